The van der Waals surface area contributed by atoms with E-state index in [2.05, 4.69) is 5.43 Å². The van der Waals surface area contributed by atoms with Crippen LogP contribution < -0.4 is 14.9 Å². The van der Waals surface area contributed by atoms with Gasteiger partial charge in [-0.15, -0.1) is 0 Å². The zero-order chi connectivity index (χ0) is 25.7. The summed E-state index contributed by atoms with van der Waals surface area (Å²) < 4.78 is 11.9. The summed E-state index contributed by atoms with van der Waals surface area (Å²) in [5.74, 6) is 0.169. The SMILES string of the molecule is CCOc1cc(/C=C2\SC(=S)N(NC(=O)c3ccccc3)C2=O)ccc1OCc1c(Cl)cccc1Cl. The highest BCUT2D eigenvalue weighted by Crippen LogP contribution is 2.35. The lowest BCUT2D eigenvalue weighted by atomic mass is 10.1. The summed E-state index contributed by atoms with van der Waals surface area (Å²) in [5.41, 5.74) is 4.37. The molecule has 1 aliphatic heterocycles. The second kappa shape index (κ2) is 11.8. The highest BCUT2D eigenvalue weighted by Gasteiger charge is 2.33. The summed E-state index contributed by atoms with van der Waals surface area (Å²) in [6.45, 7) is 2.44. The molecular formula is C26H20Cl2N2O4S2. The van der Waals surface area contributed by atoms with E-state index in [0.717, 1.165) is 16.8 Å². The maximum absolute atomic E-state index is 12.9. The first-order chi connectivity index (χ1) is 17.4. The summed E-state index contributed by atoms with van der Waals surface area (Å²) in [6, 6.07) is 19.2. The largest absolute Gasteiger partial charge is 0.490 e. The van der Waals surface area contributed by atoms with Gasteiger partial charge in [-0.1, -0.05) is 65.3 Å². The number of thioether (sulfide) groups is 1. The van der Waals surface area contributed by atoms with Gasteiger partial charge >= 0.3 is 0 Å². The van der Waals surface area contributed by atoms with Crippen molar-refractivity contribution >= 4 is 69.4 Å². The third kappa shape index (κ3) is 6.02. The summed E-state index contributed by atoms with van der Waals surface area (Å²) in [7, 11) is 0. The van der Waals surface area contributed by atoms with Crippen LogP contribution in [0.3, 0.4) is 0 Å². The fourth-order valence-electron chi connectivity index (χ4n) is 3.29. The Morgan fingerprint density at radius 3 is 2.44 bits per heavy atom. The predicted octanol–water partition coefficient (Wildman–Crippen LogP) is 6.52. The molecule has 2 amide bonds. The number of nitrogens with zero attached hydrogens (tertiary/aromatic N) is 1. The Hall–Kier alpha value is -3.04. The first-order valence-electron chi connectivity index (χ1n) is 10.8. The van der Waals surface area contributed by atoms with Crippen LogP contribution in [-0.2, 0) is 11.4 Å². The fourth-order valence-corrected chi connectivity index (χ4v) is 4.98. The van der Waals surface area contributed by atoms with Crippen molar-refractivity contribution in [1.29, 1.82) is 0 Å². The van der Waals surface area contributed by atoms with Crippen molar-refractivity contribution in [2.75, 3.05) is 6.61 Å². The lowest BCUT2D eigenvalue weighted by Gasteiger charge is -2.15. The van der Waals surface area contributed by atoms with Crippen LogP contribution in [0.15, 0.2) is 71.6 Å². The number of benzene rings is 3. The van der Waals surface area contributed by atoms with Crippen LogP contribution in [-0.4, -0.2) is 27.8 Å². The molecule has 1 saturated heterocycles. The Morgan fingerprint density at radius 2 is 1.75 bits per heavy atom. The van der Waals surface area contributed by atoms with Gasteiger partial charge in [0, 0.05) is 21.2 Å². The van der Waals surface area contributed by atoms with E-state index in [1.165, 1.54) is 0 Å². The van der Waals surface area contributed by atoms with E-state index in [1.807, 2.05) is 6.92 Å². The molecule has 36 heavy (non-hydrogen) atoms. The minimum absolute atomic E-state index is 0.164. The van der Waals surface area contributed by atoms with Crippen molar-refractivity contribution in [3.8, 4) is 11.5 Å². The molecular weight excluding hydrogens is 539 g/mol. The van der Waals surface area contributed by atoms with E-state index in [0.29, 0.717) is 49.7 Å². The minimum Gasteiger partial charge on any atom is -0.490 e. The molecule has 1 fully saturated rings. The quantitative estimate of drug-likeness (QED) is 0.251. The van der Waals surface area contributed by atoms with Crippen LogP contribution in [0.4, 0.5) is 0 Å². The van der Waals surface area contributed by atoms with Crippen LogP contribution in [0.1, 0.15) is 28.4 Å². The highest BCUT2D eigenvalue weighted by molar-refractivity contribution is 8.26. The van der Waals surface area contributed by atoms with Gasteiger partial charge in [0.25, 0.3) is 11.8 Å². The molecule has 1 aliphatic rings. The summed E-state index contributed by atoms with van der Waals surface area (Å²) in [4.78, 5) is 25.8. The van der Waals surface area contributed by atoms with Gasteiger partial charge in [-0.3, -0.25) is 15.0 Å². The van der Waals surface area contributed by atoms with E-state index in [9.17, 15) is 9.59 Å². The number of hydrogen-bond donors (Lipinski definition) is 1. The second-order valence-electron chi connectivity index (χ2n) is 7.45. The third-order valence-corrected chi connectivity index (χ3v) is 7.05. The molecule has 10 heteroatoms. The fraction of sp³-hybridized carbons (Fsp3) is 0.115. The highest BCUT2D eigenvalue weighted by atomic mass is 35.5. The number of rotatable bonds is 8. The monoisotopic (exact) mass is 558 g/mol. The van der Waals surface area contributed by atoms with Gasteiger partial charge in [0.05, 0.1) is 11.5 Å². The summed E-state index contributed by atoms with van der Waals surface area (Å²) >= 11 is 18.9. The normalized spacial score (nSPS) is 14.3. The Kier molecular flexibility index (Phi) is 8.53. The number of ether oxygens (including phenoxy) is 2. The van der Waals surface area contributed by atoms with Gasteiger partial charge in [0.1, 0.15) is 6.61 Å². The molecule has 1 N–H and O–H groups in total. The lowest BCUT2D eigenvalue weighted by molar-refractivity contribution is -0.123. The van der Waals surface area contributed by atoms with Crippen molar-refractivity contribution in [3.63, 3.8) is 0 Å². The Balaban J connectivity index is 1.51. The molecule has 6 nitrogen and oxygen atoms in total. The van der Waals surface area contributed by atoms with E-state index in [4.69, 9.17) is 44.9 Å². The predicted molar refractivity (Wildman–Crippen MR) is 147 cm³/mol. The van der Waals surface area contributed by atoms with Crippen LogP contribution in [0, 0.1) is 0 Å². The van der Waals surface area contributed by atoms with Crippen molar-refractivity contribution in [2.24, 2.45) is 0 Å². The smallest absolute Gasteiger partial charge is 0.285 e. The summed E-state index contributed by atoms with van der Waals surface area (Å²) in [6.07, 6.45) is 1.69. The van der Waals surface area contributed by atoms with Crippen LogP contribution in [0.2, 0.25) is 10.0 Å². The number of nitrogens with one attached hydrogen (secondary N) is 1. The number of hydrogen-bond acceptors (Lipinski definition) is 6. The molecule has 1 heterocycles. The van der Waals surface area contributed by atoms with Crippen molar-refractivity contribution in [3.05, 3.63) is 98.4 Å². The van der Waals surface area contributed by atoms with Gasteiger partial charge < -0.3 is 9.47 Å². The molecule has 0 aromatic heterocycles. The molecule has 3 aromatic carbocycles. The number of halogens is 2. The van der Waals surface area contributed by atoms with Gasteiger partial charge in [-0.2, -0.15) is 5.01 Å². The molecule has 0 spiro atoms. The van der Waals surface area contributed by atoms with Gasteiger partial charge in [-0.05, 0) is 67.2 Å². The lowest BCUT2D eigenvalue weighted by Crippen LogP contribution is -2.44. The number of hydrazine groups is 1. The zero-order valence-corrected chi connectivity index (χ0v) is 22.1. The standard InChI is InChI=1S/C26H20Cl2N2O4S2/c1-2-33-22-13-16(11-12-21(22)34-15-18-19(27)9-6-10-20(18)28)14-23-25(32)30(26(35)36-23)29-24(31)17-7-4-3-5-8-17/h3-14H,2,15H2,1H3,(H,29,31)/b23-14-. The molecule has 0 saturated carbocycles. The maximum Gasteiger partial charge on any atom is 0.285 e. The first-order valence-corrected chi connectivity index (χ1v) is 12.8. The minimum atomic E-state index is -0.424. The van der Waals surface area contributed by atoms with Crippen LogP contribution in [0.25, 0.3) is 6.08 Å². The number of amides is 2. The van der Waals surface area contributed by atoms with Gasteiger partial charge in [-0.25, -0.2) is 0 Å². The average Bonchev–Trinajstić information content (AvgIpc) is 3.12. The van der Waals surface area contributed by atoms with Crippen molar-refractivity contribution in [1.82, 2.24) is 10.4 Å². The molecule has 4 rings (SSSR count). The Bertz CT molecular complexity index is 1330. The van der Waals surface area contributed by atoms with Crippen molar-refractivity contribution in [2.45, 2.75) is 13.5 Å². The van der Waals surface area contributed by atoms with E-state index < -0.39 is 11.8 Å². The molecule has 0 unspecified atom stereocenters. The van der Waals surface area contributed by atoms with Gasteiger partial charge in [0.2, 0.25) is 0 Å². The summed E-state index contributed by atoms with van der Waals surface area (Å²) in [5, 5.41) is 2.10. The van der Waals surface area contributed by atoms with Crippen LogP contribution in [0.5, 0.6) is 11.5 Å². The Morgan fingerprint density at radius 1 is 1.03 bits per heavy atom. The van der Waals surface area contributed by atoms with Crippen molar-refractivity contribution < 1.29 is 19.1 Å². The molecule has 184 valence electrons. The Labute approximate surface area is 228 Å². The number of carbonyl (C=O) groups excluding carboxylic acids is 2. The number of carbonyl (C=O) groups is 2. The molecule has 0 radical (unpaired) electrons. The van der Waals surface area contributed by atoms with E-state index in [1.54, 1.807) is 72.8 Å². The third-order valence-electron chi connectivity index (χ3n) is 5.04. The maximum atomic E-state index is 12.9. The van der Waals surface area contributed by atoms with Crippen LogP contribution >= 0.6 is 47.2 Å². The average molecular weight is 559 g/mol. The molecule has 0 bridgehead atoms. The zero-order valence-electron chi connectivity index (χ0n) is 19.0. The molecule has 3 aromatic rings. The van der Waals surface area contributed by atoms with E-state index >= 15 is 0 Å². The molecule has 0 atom stereocenters. The topological polar surface area (TPSA) is 67.9 Å². The molecule has 0 aliphatic carbocycles. The first kappa shape index (κ1) is 26.0. The number of thiocarbonyl (C=S) groups is 1. The van der Waals surface area contributed by atoms with Gasteiger partial charge in [0.15, 0.2) is 15.8 Å². The second-order valence-corrected chi connectivity index (χ2v) is 9.94. The van der Waals surface area contributed by atoms with E-state index in [-0.39, 0.29) is 10.9 Å².